The number of aromatic nitrogens is 4. The van der Waals surface area contributed by atoms with Crippen LogP contribution in [0.5, 0.6) is 0 Å². The summed E-state index contributed by atoms with van der Waals surface area (Å²) in [6.07, 6.45) is 3.97. The maximum Gasteiger partial charge on any atom is 0.495 e. The summed E-state index contributed by atoms with van der Waals surface area (Å²) in [5, 5.41) is 0. The van der Waals surface area contributed by atoms with Crippen LogP contribution in [0, 0.1) is 13.8 Å². The molecule has 0 amide bonds. The fourth-order valence-corrected chi connectivity index (χ4v) is 12.4. The summed E-state index contributed by atoms with van der Waals surface area (Å²) >= 11 is 3.66. The summed E-state index contributed by atoms with van der Waals surface area (Å²) in [4.78, 5) is 9.87. The predicted molar refractivity (Wildman–Crippen MR) is 354 cm³/mol. The predicted octanol–water partition coefficient (Wildman–Crippen LogP) is 15.7. The summed E-state index contributed by atoms with van der Waals surface area (Å²) < 4.78 is 42.4. The van der Waals surface area contributed by atoms with Gasteiger partial charge in [-0.1, -0.05) is 204 Å². The van der Waals surface area contributed by atoms with Gasteiger partial charge in [-0.25, -0.2) is 9.97 Å². The van der Waals surface area contributed by atoms with Crippen molar-refractivity contribution in [1.29, 1.82) is 0 Å². The van der Waals surface area contributed by atoms with Crippen LogP contribution in [0.3, 0.4) is 0 Å². The molecule has 5 heterocycles. The van der Waals surface area contributed by atoms with Crippen LogP contribution in [0.2, 0.25) is 0 Å². The second-order valence-electron chi connectivity index (χ2n) is 25.9. The number of halogens is 1. The monoisotopic (exact) mass is 1210 g/mol. The highest BCUT2D eigenvalue weighted by Gasteiger charge is 2.64. The Morgan fingerprint density at radius 1 is 0.337 bits per heavy atom. The average molecular weight is 1210 g/mol. The minimum absolute atomic E-state index is 0.360. The maximum absolute atomic E-state index is 6.41. The van der Waals surface area contributed by atoms with E-state index in [2.05, 4.69) is 273 Å². The third-order valence-corrected chi connectivity index (χ3v) is 19.9. The van der Waals surface area contributed by atoms with Crippen LogP contribution >= 0.6 is 15.9 Å². The summed E-state index contributed by atoms with van der Waals surface area (Å²) in [5.41, 5.74) is 11.1. The van der Waals surface area contributed by atoms with Gasteiger partial charge in [0.05, 0.1) is 68.3 Å². The molecule has 14 heteroatoms. The molecule has 3 fully saturated rings. The van der Waals surface area contributed by atoms with Gasteiger partial charge < -0.3 is 37.1 Å². The first-order chi connectivity index (χ1) is 40.9. The zero-order valence-electron chi connectivity index (χ0n) is 52.1. The third-order valence-electron chi connectivity index (χ3n) is 19.1. The van der Waals surface area contributed by atoms with Gasteiger partial charge in [0.15, 0.2) is 0 Å². The van der Waals surface area contributed by atoms with Crippen molar-refractivity contribution in [2.75, 3.05) is 0 Å². The Morgan fingerprint density at radius 2 is 0.593 bits per heavy atom. The second kappa shape index (κ2) is 23.0. The van der Waals surface area contributed by atoms with Crippen molar-refractivity contribution in [3.63, 3.8) is 0 Å². The third kappa shape index (κ3) is 10.5. The molecule has 3 saturated heterocycles. The first-order valence-electron chi connectivity index (χ1n) is 29.9. The van der Waals surface area contributed by atoms with Crippen molar-refractivity contribution >= 4 is 64.6 Å². The Hall–Kier alpha value is -6.87. The Bertz CT molecular complexity index is 3700. The summed E-state index contributed by atoms with van der Waals surface area (Å²) in [6.45, 7) is 28.8. The lowest BCUT2D eigenvalue weighted by Gasteiger charge is -2.38. The van der Waals surface area contributed by atoms with Crippen LogP contribution in [0.15, 0.2) is 223 Å². The van der Waals surface area contributed by atoms with Gasteiger partial charge in [-0.2, -0.15) is 0 Å². The van der Waals surface area contributed by atoms with Gasteiger partial charge in [0.2, 0.25) is 0 Å². The molecule has 0 saturated carbocycles. The van der Waals surface area contributed by atoms with Crippen LogP contribution in [0.4, 0.5) is 0 Å². The van der Waals surface area contributed by atoms with E-state index in [0.29, 0.717) is 0 Å². The Labute approximate surface area is 518 Å². The van der Waals surface area contributed by atoms with Crippen molar-refractivity contribution in [1.82, 2.24) is 19.1 Å². The fraction of sp³-hybridized carbons (Fsp3) is 0.306. The molecule has 0 radical (unpaired) electrons. The maximum atomic E-state index is 6.41. The highest BCUT2D eigenvalue weighted by Crippen LogP contribution is 2.47. The van der Waals surface area contributed by atoms with E-state index in [9.17, 15) is 0 Å². The minimum atomic E-state index is -0.614. The topological polar surface area (TPSA) is 91.0 Å². The van der Waals surface area contributed by atoms with E-state index < -0.39 is 43.4 Å². The lowest BCUT2D eigenvalue weighted by Crippen LogP contribution is -2.41. The summed E-state index contributed by atoms with van der Waals surface area (Å²) in [6, 6.07) is 72.7. The van der Waals surface area contributed by atoms with E-state index in [-0.39, 0.29) is 22.4 Å². The lowest BCUT2D eigenvalue weighted by molar-refractivity contribution is 0.00578. The van der Waals surface area contributed by atoms with Gasteiger partial charge in [0, 0.05) is 4.47 Å². The van der Waals surface area contributed by atoms with Crippen molar-refractivity contribution in [2.24, 2.45) is 0 Å². The van der Waals surface area contributed by atoms with Gasteiger partial charge in [-0.15, -0.1) is 0 Å². The summed E-state index contributed by atoms with van der Waals surface area (Å²) in [5.74, 6) is 0. The number of imidazole rings is 2. The van der Waals surface area contributed by atoms with Crippen LogP contribution in [0.1, 0.15) is 128 Å². The van der Waals surface area contributed by atoms with E-state index in [1.807, 2.05) is 68.0 Å². The second-order valence-corrected chi connectivity index (χ2v) is 26.7. The number of fused-ring (bicyclic) bond motifs is 2. The van der Waals surface area contributed by atoms with E-state index in [1.54, 1.807) is 0 Å². The normalized spacial score (nSPS) is 18.2. The van der Waals surface area contributed by atoms with Crippen LogP contribution in [-0.4, -0.2) is 73.8 Å². The number of rotatable bonds is 10. The number of nitrogens with zero attached hydrogens (tertiary/aromatic N) is 4. The Balaban J connectivity index is 0.000000143. The number of hydrogen-bond donors (Lipinski definition) is 0. The van der Waals surface area contributed by atoms with Gasteiger partial charge >= 0.3 is 21.1 Å². The zero-order valence-corrected chi connectivity index (χ0v) is 53.7. The van der Waals surface area contributed by atoms with E-state index in [0.717, 1.165) is 43.1 Å². The molecule has 3 aliphatic rings. The van der Waals surface area contributed by atoms with Crippen molar-refractivity contribution in [2.45, 2.75) is 142 Å². The average Bonchev–Trinajstić information content (AvgIpc) is 1.30. The largest absolute Gasteiger partial charge is 0.495 e. The Morgan fingerprint density at radius 3 is 0.884 bits per heavy atom. The smallest absolute Gasteiger partial charge is 0.405 e. The molecule has 0 unspecified atom stereocenters. The highest BCUT2D eigenvalue weighted by atomic mass is 79.9. The SMILES string of the molecule is CC1(C)OB(B2OC(C)(C)C(C)(C)O2)OC1(C)C.Cc1c(B2OC(C)(C)C(C)(C)O2)ccc2c1ncn2C(c1ccccc1)(c1ccccc1)c1ccccc1.Cc1c(Br)ccc2c1ncn2C(c1ccccc1)(c1ccccc1)c1ccccc1. The molecule has 0 spiro atoms. The highest BCUT2D eigenvalue weighted by molar-refractivity contribution is 9.10. The number of hydrogen-bond acceptors (Lipinski definition) is 8. The number of aryl methyl sites for hydroxylation is 2. The first kappa shape index (κ1) is 60.8. The molecule has 0 N–H and O–H groups in total. The molecule has 3 aliphatic heterocycles. The van der Waals surface area contributed by atoms with E-state index in [1.165, 1.54) is 33.4 Å². The minimum Gasteiger partial charge on any atom is -0.405 e. The van der Waals surface area contributed by atoms with Crippen molar-refractivity contribution in [3.05, 3.63) is 268 Å². The zero-order chi connectivity index (χ0) is 61.1. The molecule has 8 aromatic carbocycles. The van der Waals surface area contributed by atoms with Crippen molar-refractivity contribution in [3.8, 4) is 0 Å². The number of benzene rings is 8. The fourth-order valence-electron chi connectivity index (χ4n) is 12.1. The molecular weight excluding hydrogens is 1130 g/mol. The molecule has 438 valence electrons. The molecule has 0 atom stereocenters. The van der Waals surface area contributed by atoms with Gasteiger partial charge in [-0.3, -0.25) is 0 Å². The van der Waals surface area contributed by atoms with Gasteiger partial charge in [-0.05, 0) is 165 Å². The van der Waals surface area contributed by atoms with Crippen LogP contribution in [-0.2, 0) is 39.0 Å². The van der Waals surface area contributed by atoms with Gasteiger partial charge in [0.25, 0.3) is 0 Å². The van der Waals surface area contributed by atoms with E-state index >= 15 is 0 Å². The molecule has 0 aliphatic carbocycles. The summed E-state index contributed by atoms with van der Waals surface area (Å²) in [7, 11) is -1.39. The van der Waals surface area contributed by atoms with Crippen LogP contribution in [0.25, 0.3) is 22.1 Å². The van der Waals surface area contributed by atoms with Gasteiger partial charge in [0.1, 0.15) is 11.1 Å². The van der Waals surface area contributed by atoms with Crippen molar-refractivity contribution < 1.29 is 27.9 Å². The standard InChI is InChI=1S/C33H33BN2O2.C27H21BrN2.C12H24B2O4/c1-24-28(34-37-31(2,3)32(4,5)38-34)21-22-29-30(24)35-23-36(29)33(25-15-9-6-10-16-25,26-17-11-7-12-18-26)27-19-13-8-14-20-27;1-20-24(28)17-18-25-26(20)29-19-30(25)27(21-11-5-2-6-12-21,22-13-7-3-8-14-22)23-15-9-4-10-16-23;1-9(2)10(3,4)16-13(15-9)14-17-11(5,6)12(7,8)18-14/h6-23H,1-5H3;2-19H,1H3;1-8H3. The molecule has 10 nitrogen and oxygen atoms in total. The quantitative estimate of drug-likeness (QED) is 0.0988. The molecule has 86 heavy (non-hydrogen) atoms. The molecular formula is C72H78B3BrN4O6. The molecule has 13 rings (SSSR count). The Kier molecular flexibility index (Phi) is 16.3. The first-order valence-corrected chi connectivity index (χ1v) is 30.7. The molecule has 0 bridgehead atoms. The lowest BCUT2D eigenvalue weighted by atomic mass is 9.49. The van der Waals surface area contributed by atoms with E-state index in [4.69, 9.17) is 37.9 Å². The van der Waals surface area contributed by atoms with Crippen LogP contribution < -0.4 is 5.46 Å². The molecule has 2 aromatic heterocycles. The molecule has 10 aromatic rings.